The lowest BCUT2D eigenvalue weighted by Gasteiger charge is -2.07. The van der Waals surface area contributed by atoms with Crippen molar-refractivity contribution in [1.29, 1.82) is 0 Å². The summed E-state index contributed by atoms with van der Waals surface area (Å²) in [4.78, 5) is 26.9. The SMILES string of the molecule is CNC(=O)Cn1cnc(NC(=O)c2ccc(C(F)(F)F)cc2)n1. The highest BCUT2D eigenvalue weighted by atomic mass is 19.4. The van der Waals surface area contributed by atoms with Gasteiger partial charge in [-0.2, -0.15) is 13.2 Å². The molecular formula is C13H12F3N5O2. The van der Waals surface area contributed by atoms with Crippen molar-refractivity contribution in [2.75, 3.05) is 12.4 Å². The number of alkyl halides is 3. The first-order valence-corrected chi connectivity index (χ1v) is 6.38. The van der Waals surface area contributed by atoms with Crippen LogP contribution in [0.1, 0.15) is 15.9 Å². The molecule has 23 heavy (non-hydrogen) atoms. The van der Waals surface area contributed by atoms with Gasteiger partial charge in [0.25, 0.3) is 5.91 Å². The molecule has 1 aromatic carbocycles. The van der Waals surface area contributed by atoms with Crippen LogP contribution in [0.5, 0.6) is 0 Å². The molecule has 0 saturated heterocycles. The summed E-state index contributed by atoms with van der Waals surface area (Å²) < 4.78 is 38.6. The molecule has 0 atom stereocenters. The predicted octanol–water partition coefficient (Wildman–Crippen LogP) is 1.30. The van der Waals surface area contributed by atoms with E-state index in [1.807, 2.05) is 0 Å². The van der Waals surface area contributed by atoms with Crippen molar-refractivity contribution in [1.82, 2.24) is 20.1 Å². The van der Waals surface area contributed by atoms with Crippen LogP contribution in [0.15, 0.2) is 30.6 Å². The van der Waals surface area contributed by atoms with Crippen molar-refractivity contribution in [2.24, 2.45) is 0 Å². The number of hydrogen-bond acceptors (Lipinski definition) is 4. The summed E-state index contributed by atoms with van der Waals surface area (Å²) in [5, 5.41) is 8.59. The van der Waals surface area contributed by atoms with E-state index in [0.29, 0.717) is 0 Å². The Morgan fingerprint density at radius 3 is 2.43 bits per heavy atom. The minimum Gasteiger partial charge on any atom is -0.358 e. The number of nitrogens with zero attached hydrogens (tertiary/aromatic N) is 3. The zero-order chi connectivity index (χ0) is 17.0. The van der Waals surface area contributed by atoms with Crippen molar-refractivity contribution in [3.63, 3.8) is 0 Å². The molecule has 0 aliphatic heterocycles. The van der Waals surface area contributed by atoms with Gasteiger partial charge in [-0.25, -0.2) is 9.67 Å². The first kappa shape index (κ1) is 16.5. The first-order chi connectivity index (χ1) is 10.8. The maximum atomic E-state index is 12.4. The molecule has 0 aliphatic carbocycles. The Morgan fingerprint density at radius 1 is 1.22 bits per heavy atom. The molecule has 0 fully saturated rings. The summed E-state index contributed by atoms with van der Waals surface area (Å²) in [5.41, 5.74) is -0.817. The molecule has 0 saturated carbocycles. The molecule has 2 amide bonds. The Balaban J connectivity index is 2.03. The van der Waals surface area contributed by atoms with Crippen molar-refractivity contribution >= 4 is 17.8 Å². The van der Waals surface area contributed by atoms with Gasteiger partial charge in [-0.1, -0.05) is 0 Å². The first-order valence-electron chi connectivity index (χ1n) is 6.38. The molecule has 0 radical (unpaired) electrons. The highest BCUT2D eigenvalue weighted by Gasteiger charge is 2.30. The van der Waals surface area contributed by atoms with Gasteiger partial charge in [0.2, 0.25) is 11.9 Å². The molecule has 10 heteroatoms. The number of benzene rings is 1. The van der Waals surface area contributed by atoms with Crippen LogP contribution in [0.25, 0.3) is 0 Å². The van der Waals surface area contributed by atoms with Gasteiger partial charge in [0.15, 0.2) is 0 Å². The lowest BCUT2D eigenvalue weighted by Crippen LogP contribution is -2.23. The molecule has 0 bridgehead atoms. The van der Waals surface area contributed by atoms with E-state index in [-0.39, 0.29) is 24.0 Å². The fourth-order valence-corrected chi connectivity index (χ4v) is 1.64. The van der Waals surface area contributed by atoms with Crippen molar-refractivity contribution in [2.45, 2.75) is 12.7 Å². The van der Waals surface area contributed by atoms with E-state index in [2.05, 4.69) is 20.7 Å². The number of halogens is 3. The van der Waals surface area contributed by atoms with Crippen LogP contribution in [-0.2, 0) is 17.5 Å². The Hall–Kier alpha value is -2.91. The second-order valence-electron chi connectivity index (χ2n) is 4.47. The van der Waals surface area contributed by atoms with Crippen LogP contribution in [0, 0.1) is 0 Å². The molecule has 7 nitrogen and oxygen atoms in total. The van der Waals surface area contributed by atoms with Crippen LogP contribution >= 0.6 is 0 Å². The smallest absolute Gasteiger partial charge is 0.358 e. The molecule has 122 valence electrons. The van der Waals surface area contributed by atoms with Gasteiger partial charge < -0.3 is 5.32 Å². The van der Waals surface area contributed by atoms with Crippen LogP contribution in [-0.4, -0.2) is 33.6 Å². The predicted molar refractivity (Wildman–Crippen MR) is 73.5 cm³/mol. The van der Waals surface area contributed by atoms with Gasteiger partial charge >= 0.3 is 6.18 Å². The molecule has 1 aromatic heterocycles. The lowest BCUT2D eigenvalue weighted by molar-refractivity contribution is -0.137. The molecule has 0 aliphatic rings. The van der Waals surface area contributed by atoms with Crippen LogP contribution in [0.2, 0.25) is 0 Å². The van der Waals surface area contributed by atoms with E-state index in [4.69, 9.17) is 0 Å². The van der Waals surface area contributed by atoms with E-state index in [1.54, 1.807) is 0 Å². The fourth-order valence-electron chi connectivity index (χ4n) is 1.64. The highest BCUT2D eigenvalue weighted by Crippen LogP contribution is 2.29. The standard InChI is InChI=1S/C13H12F3N5O2/c1-17-10(22)6-21-7-18-12(20-21)19-11(23)8-2-4-9(5-3-8)13(14,15)16/h2-5,7H,6H2,1H3,(H,17,22)(H,19,20,23). The number of likely N-dealkylation sites (N-methyl/N-ethyl adjacent to an activating group) is 1. The molecule has 1 heterocycles. The van der Waals surface area contributed by atoms with Gasteiger partial charge in [-0.05, 0) is 24.3 Å². The number of hydrogen-bond donors (Lipinski definition) is 2. The fraction of sp³-hybridized carbons (Fsp3) is 0.231. The van der Waals surface area contributed by atoms with Gasteiger partial charge in [-0.15, -0.1) is 5.10 Å². The van der Waals surface area contributed by atoms with Gasteiger partial charge in [-0.3, -0.25) is 14.9 Å². The average molecular weight is 327 g/mol. The maximum Gasteiger partial charge on any atom is 0.416 e. The second-order valence-corrected chi connectivity index (χ2v) is 4.47. The Morgan fingerprint density at radius 2 is 1.87 bits per heavy atom. The van der Waals surface area contributed by atoms with Gasteiger partial charge in [0, 0.05) is 12.6 Å². The lowest BCUT2D eigenvalue weighted by atomic mass is 10.1. The van der Waals surface area contributed by atoms with Crippen molar-refractivity contribution < 1.29 is 22.8 Å². The third kappa shape index (κ3) is 4.28. The second kappa shape index (κ2) is 6.46. The Bertz CT molecular complexity index is 709. The number of rotatable bonds is 4. The van der Waals surface area contributed by atoms with Crippen LogP contribution < -0.4 is 10.6 Å². The Labute approximate surface area is 128 Å². The monoisotopic (exact) mass is 327 g/mol. The minimum atomic E-state index is -4.46. The van der Waals surface area contributed by atoms with Crippen molar-refractivity contribution in [3.05, 3.63) is 41.7 Å². The molecule has 0 spiro atoms. The summed E-state index contributed by atoms with van der Waals surface area (Å²) in [6, 6.07) is 3.73. The zero-order valence-electron chi connectivity index (χ0n) is 11.9. The van der Waals surface area contributed by atoms with E-state index in [1.165, 1.54) is 18.1 Å². The number of carbonyl (C=O) groups excluding carboxylic acids is 2. The summed E-state index contributed by atoms with van der Waals surface area (Å²) in [6.07, 6.45) is -3.22. The molecule has 2 aromatic rings. The van der Waals surface area contributed by atoms with E-state index >= 15 is 0 Å². The quantitative estimate of drug-likeness (QED) is 0.886. The topological polar surface area (TPSA) is 88.9 Å². The van der Waals surface area contributed by atoms with Gasteiger partial charge in [0.1, 0.15) is 12.9 Å². The van der Waals surface area contributed by atoms with Gasteiger partial charge in [0.05, 0.1) is 5.56 Å². The van der Waals surface area contributed by atoms with E-state index in [0.717, 1.165) is 24.3 Å². The average Bonchev–Trinajstić information content (AvgIpc) is 2.93. The number of aromatic nitrogens is 3. The third-order valence-electron chi connectivity index (χ3n) is 2.82. The summed E-state index contributed by atoms with van der Waals surface area (Å²) in [7, 11) is 1.46. The van der Waals surface area contributed by atoms with E-state index in [9.17, 15) is 22.8 Å². The number of carbonyl (C=O) groups is 2. The molecule has 2 rings (SSSR count). The molecule has 2 N–H and O–H groups in total. The summed E-state index contributed by atoms with van der Waals surface area (Å²) >= 11 is 0. The normalized spacial score (nSPS) is 11.1. The summed E-state index contributed by atoms with van der Waals surface area (Å²) in [6.45, 7) is -0.0698. The Kier molecular flexibility index (Phi) is 4.63. The van der Waals surface area contributed by atoms with Crippen LogP contribution in [0.4, 0.5) is 19.1 Å². The summed E-state index contributed by atoms with van der Waals surface area (Å²) in [5.74, 6) is -1.01. The van der Waals surface area contributed by atoms with Crippen molar-refractivity contribution in [3.8, 4) is 0 Å². The maximum absolute atomic E-state index is 12.4. The third-order valence-corrected chi connectivity index (χ3v) is 2.82. The number of amides is 2. The zero-order valence-corrected chi connectivity index (χ0v) is 11.9. The number of anilines is 1. The van der Waals surface area contributed by atoms with E-state index < -0.39 is 17.6 Å². The largest absolute Gasteiger partial charge is 0.416 e. The number of nitrogens with one attached hydrogen (secondary N) is 2. The highest BCUT2D eigenvalue weighted by molar-refractivity contribution is 6.03. The minimum absolute atomic E-state index is 0.0284. The van der Waals surface area contributed by atoms with Crippen LogP contribution in [0.3, 0.4) is 0 Å². The molecular weight excluding hydrogens is 315 g/mol. The molecule has 0 unspecified atom stereocenters.